The lowest BCUT2D eigenvalue weighted by molar-refractivity contribution is -0.0142. The molecule has 0 aliphatic heterocycles. The smallest absolute Gasteiger partial charge is 0.180 e. The minimum absolute atomic E-state index is 0.335. The summed E-state index contributed by atoms with van der Waals surface area (Å²) in [6, 6.07) is 10.2. The van der Waals surface area contributed by atoms with Gasteiger partial charge in [-0.15, -0.1) is 0 Å². The van der Waals surface area contributed by atoms with Crippen molar-refractivity contribution in [2.24, 2.45) is 23.7 Å². The Hall–Kier alpha value is -1.13. The van der Waals surface area contributed by atoms with Gasteiger partial charge in [0.05, 0.1) is 21.7 Å². The molecule has 0 heterocycles. The molecule has 2 aromatic carbocycles. The molecular formula is C26H30Cl3NO2. The van der Waals surface area contributed by atoms with Crippen molar-refractivity contribution >= 4 is 34.8 Å². The molecule has 0 aromatic heterocycles. The zero-order chi connectivity index (χ0) is 22.2. The van der Waals surface area contributed by atoms with Crippen molar-refractivity contribution in [1.82, 2.24) is 5.32 Å². The molecule has 1 N–H and O–H groups in total. The first-order valence-electron chi connectivity index (χ1n) is 11.8. The van der Waals surface area contributed by atoms with Gasteiger partial charge in [-0.3, -0.25) is 0 Å². The van der Waals surface area contributed by atoms with E-state index in [-0.39, 0.29) is 0 Å². The second-order valence-electron chi connectivity index (χ2n) is 9.71. The zero-order valence-corrected chi connectivity index (χ0v) is 20.6. The van der Waals surface area contributed by atoms with E-state index < -0.39 is 0 Å². The normalized spacial score (nSPS) is 28.2. The third kappa shape index (κ3) is 4.73. The van der Waals surface area contributed by atoms with Gasteiger partial charge in [0.15, 0.2) is 11.5 Å². The Morgan fingerprint density at radius 1 is 0.812 bits per heavy atom. The summed E-state index contributed by atoms with van der Waals surface area (Å²) in [7, 11) is 0. The lowest BCUT2D eigenvalue weighted by Gasteiger charge is -2.54. The summed E-state index contributed by atoms with van der Waals surface area (Å²) in [6.07, 6.45) is 7.14. The second-order valence-corrected chi connectivity index (χ2v) is 10.9. The number of hydrogen-bond donors (Lipinski definition) is 1. The maximum atomic E-state index is 6.66. The van der Waals surface area contributed by atoms with E-state index in [0.29, 0.717) is 45.8 Å². The van der Waals surface area contributed by atoms with E-state index in [9.17, 15) is 0 Å². The van der Waals surface area contributed by atoms with E-state index in [1.807, 2.05) is 19.1 Å². The maximum Gasteiger partial charge on any atom is 0.180 e. The summed E-state index contributed by atoms with van der Waals surface area (Å²) in [5.74, 6) is 4.92. The van der Waals surface area contributed by atoms with Crippen LogP contribution in [0.5, 0.6) is 11.5 Å². The standard InChI is InChI=1S/C26H30Cl3NO2/c1-2-31-24-12-18(13-30-25-19-6-16-5-17(8-19)9-20(25)7-16)11-23(29)26(24)32-14-15-3-4-21(27)22(28)10-15/h3-4,10-12,16-17,19-20,25,30H,2,5-9,13-14H2,1H3. The van der Waals surface area contributed by atoms with Crippen molar-refractivity contribution in [3.05, 3.63) is 56.5 Å². The molecular weight excluding hydrogens is 465 g/mol. The Balaban J connectivity index is 1.27. The highest BCUT2D eigenvalue weighted by molar-refractivity contribution is 6.42. The first-order valence-corrected chi connectivity index (χ1v) is 12.9. The molecule has 0 spiro atoms. The molecule has 2 aromatic rings. The van der Waals surface area contributed by atoms with Gasteiger partial charge in [-0.1, -0.05) is 40.9 Å². The van der Waals surface area contributed by atoms with Crippen LogP contribution in [0.2, 0.25) is 15.1 Å². The molecule has 4 bridgehead atoms. The van der Waals surface area contributed by atoms with Gasteiger partial charge in [-0.25, -0.2) is 0 Å². The first-order chi connectivity index (χ1) is 15.5. The van der Waals surface area contributed by atoms with E-state index >= 15 is 0 Å². The largest absolute Gasteiger partial charge is 0.490 e. The minimum Gasteiger partial charge on any atom is -0.490 e. The van der Waals surface area contributed by atoms with E-state index in [4.69, 9.17) is 44.3 Å². The zero-order valence-electron chi connectivity index (χ0n) is 18.4. The van der Waals surface area contributed by atoms with Crippen molar-refractivity contribution in [3.63, 3.8) is 0 Å². The molecule has 0 unspecified atom stereocenters. The fraction of sp³-hybridized carbons (Fsp3) is 0.538. The van der Waals surface area contributed by atoms with Gasteiger partial charge in [0.1, 0.15) is 6.61 Å². The molecule has 0 radical (unpaired) electrons. The Labute approximate surface area is 205 Å². The number of nitrogens with one attached hydrogen (secondary N) is 1. The monoisotopic (exact) mass is 493 g/mol. The van der Waals surface area contributed by atoms with Crippen molar-refractivity contribution in [2.45, 2.75) is 58.2 Å². The highest BCUT2D eigenvalue weighted by Crippen LogP contribution is 2.53. The van der Waals surface area contributed by atoms with Crippen LogP contribution in [-0.2, 0) is 13.2 Å². The summed E-state index contributed by atoms with van der Waals surface area (Å²) >= 11 is 18.8. The number of rotatable bonds is 8. The van der Waals surface area contributed by atoms with Crippen LogP contribution < -0.4 is 14.8 Å². The fourth-order valence-corrected chi connectivity index (χ4v) is 7.01. The average molecular weight is 495 g/mol. The highest BCUT2D eigenvalue weighted by atomic mass is 35.5. The van der Waals surface area contributed by atoms with E-state index in [0.717, 1.165) is 41.3 Å². The maximum absolute atomic E-state index is 6.66. The van der Waals surface area contributed by atoms with Gasteiger partial charge in [0, 0.05) is 12.6 Å². The van der Waals surface area contributed by atoms with Crippen molar-refractivity contribution in [3.8, 4) is 11.5 Å². The number of ether oxygens (including phenoxy) is 2. The summed E-state index contributed by atoms with van der Waals surface area (Å²) in [6.45, 7) is 3.66. The van der Waals surface area contributed by atoms with Crippen molar-refractivity contribution < 1.29 is 9.47 Å². The van der Waals surface area contributed by atoms with E-state index in [1.165, 1.54) is 32.1 Å². The average Bonchev–Trinajstić information content (AvgIpc) is 2.75. The quantitative estimate of drug-likeness (QED) is 0.411. The molecule has 3 nitrogen and oxygen atoms in total. The molecule has 32 heavy (non-hydrogen) atoms. The van der Waals surface area contributed by atoms with Crippen LogP contribution in [0, 0.1) is 23.7 Å². The summed E-state index contributed by atoms with van der Waals surface area (Å²) in [5.41, 5.74) is 2.06. The predicted molar refractivity (Wildman–Crippen MR) is 131 cm³/mol. The number of benzene rings is 2. The molecule has 6 heteroatoms. The van der Waals surface area contributed by atoms with Crippen LogP contribution in [0.4, 0.5) is 0 Å². The molecule has 0 atom stereocenters. The minimum atomic E-state index is 0.335. The van der Waals surface area contributed by atoms with E-state index in [2.05, 4.69) is 11.4 Å². The van der Waals surface area contributed by atoms with Crippen molar-refractivity contribution in [2.75, 3.05) is 6.61 Å². The molecule has 4 fully saturated rings. The molecule has 4 aliphatic carbocycles. The predicted octanol–water partition coefficient (Wildman–Crippen LogP) is 7.54. The summed E-state index contributed by atoms with van der Waals surface area (Å²) < 4.78 is 11.9. The molecule has 4 aliphatic rings. The van der Waals surface area contributed by atoms with Crippen LogP contribution in [-0.4, -0.2) is 12.6 Å². The van der Waals surface area contributed by atoms with Gasteiger partial charge >= 0.3 is 0 Å². The van der Waals surface area contributed by atoms with Crippen LogP contribution >= 0.6 is 34.8 Å². The second kappa shape index (κ2) is 9.62. The van der Waals surface area contributed by atoms with Gasteiger partial charge < -0.3 is 14.8 Å². The van der Waals surface area contributed by atoms with Gasteiger partial charge in [0.2, 0.25) is 0 Å². The molecule has 172 valence electrons. The third-order valence-corrected chi connectivity index (χ3v) is 8.52. The van der Waals surface area contributed by atoms with Crippen molar-refractivity contribution in [1.29, 1.82) is 0 Å². The van der Waals surface area contributed by atoms with Crippen LogP contribution in [0.25, 0.3) is 0 Å². The Bertz CT molecular complexity index is 952. The molecule has 0 saturated heterocycles. The van der Waals surface area contributed by atoms with E-state index in [1.54, 1.807) is 12.1 Å². The fourth-order valence-electron chi connectivity index (χ4n) is 6.41. The Morgan fingerprint density at radius 3 is 2.16 bits per heavy atom. The molecule has 6 rings (SSSR count). The lowest BCUT2D eigenvalue weighted by atomic mass is 9.54. The summed E-state index contributed by atoms with van der Waals surface area (Å²) in [5, 5.41) is 5.49. The van der Waals surface area contributed by atoms with Gasteiger partial charge in [0.25, 0.3) is 0 Å². The number of hydrogen-bond acceptors (Lipinski definition) is 3. The lowest BCUT2D eigenvalue weighted by Crippen LogP contribution is -2.54. The topological polar surface area (TPSA) is 30.5 Å². The molecule has 4 saturated carbocycles. The SMILES string of the molecule is CCOc1cc(CNC2C3CC4CC(C3)CC2C4)cc(Cl)c1OCc1ccc(Cl)c(Cl)c1. The Kier molecular flexibility index (Phi) is 6.81. The number of halogens is 3. The van der Waals surface area contributed by atoms with Gasteiger partial charge in [-0.05, 0) is 98.1 Å². The first kappa shape index (κ1) is 22.7. The highest BCUT2D eigenvalue weighted by Gasteiger charge is 2.47. The van der Waals surface area contributed by atoms with Crippen LogP contribution in [0.1, 0.15) is 50.2 Å². The van der Waals surface area contributed by atoms with Crippen LogP contribution in [0.15, 0.2) is 30.3 Å². The Morgan fingerprint density at radius 2 is 1.50 bits per heavy atom. The summed E-state index contributed by atoms with van der Waals surface area (Å²) in [4.78, 5) is 0. The van der Waals surface area contributed by atoms with Gasteiger partial charge in [-0.2, -0.15) is 0 Å². The van der Waals surface area contributed by atoms with Crippen LogP contribution in [0.3, 0.4) is 0 Å². The molecule has 0 amide bonds. The third-order valence-electron chi connectivity index (χ3n) is 7.50.